The summed E-state index contributed by atoms with van der Waals surface area (Å²) in [5, 5.41) is 0. The van der Waals surface area contributed by atoms with E-state index in [9.17, 15) is 4.79 Å². The third-order valence-corrected chi connectivity index (χ3v) is 3.94. The molecule has 0 radical (unpaired) electrons. The maximum absolute atomic E-state index is 12.2. The van der Waals surface area contributed by atoms with Crippen molar-refractivity contribution in [3.8, 4) is 11.1 Å². The second-order valence-corrected chi connectivity index (χ2v) is 5.34. The molecule has 0 aliphatic heterocycles. The molecule has 0 bridgehead atoms. The van der Waals surface area contributed by atoms with E-state index in [1.54, 1.807) is 24.5 Å². The average Bonchev–Trinajstić information content (AvgIpc) is 3.21. The van der Waals surface area contributed by atoms with Crippen LogP contribution in [0.15, 0.2) is 77.4 Å². The molecule has 0 fully saturated rings. The highest BCUT2D eigenvalue weighted by atomic mass is 16.5. The Bertz CT molecular complexity index is 830. The number of carbonyl (C=O) groups is 1. The van der Waals surface area contributed by atoms with Gasteiger partial charge in [-0.3, -0.25) is 0 Å². The zero-order chi connectivity index (χ0) is 15.6. The first kappa shape index (κ1) is 13.6. The van der Waals surface area contributed by atoms with Gasteiger partial charge in [0.25, 0.3) is 0 Å². The molecule has 0 saturated heterocycles. The van der Waals surface area contributed by atoms with E-state index in [4.69, 9.17) is 9.15 Å². The van der Waals surface area contributed by atoms with Crippen LogP contribution >= 0.6 is 0 Å². The van der Waals surface area contributed by atoms with Gasteiger partial charge in [0.05, 0.1) is 6.26 Å². The largest absolute Gasteiger partial charge is 0.465 e. The van der Waals surface area contributed by atoms with E-state index in [-0.39, 0.29) is 6.10 Å². The Morgan fingerprint density at radius 2 is 1.57 bits per heavy atom. The normalized spacial score (nSPS) is 13.0. The molecule has 1 heterocycles. The van der Waals surface area contributed by atoms with Crippen molar-refractivity contribution in [3.63, 3.8) is 0 Å². The van der Waals surface area contributed by atoms with Crippen LogP contribution in [0.3, 0.4) is 0 Å². The zero-order valence-electron chi connectivity index (χ0n) is 12.3. The van der Waals surface area contributed by atoms with Crippen LogP contribution in [0.4, 0.5) is 0 Å². The monoisotopic (exact) mass is 302 g/mol. The lowest BCUT2D eigenvalue weighted by atomic mass is 10.1. The molecule has 3 heteroatoms. The molecule has 1 aromatic heterocycles. The fraction of sp³-hybridized carbons (Fsp3) is 0.0500. The molecule has 3 nitrogen and oxygen atoms in total. The van der Waals surface area contributed by atoms with Gasteiger partial charge in [-0.2, -0.15) is 0 Å². The topological polar surface area (TPSA) is 39.4 Å². The Balaban J connectivity index is 1.63. The van der Waals surface area contributed by atoms with Gasteiger partial charge in [-0.05, 0) is 29.3 Å². The Morgan fingerprint density at radius 1 is 0.913 bits per heavy atom. The molecule has 3 aromatic rings. The number of ether oxygens (including phenoxy) is 1. The summed E-state index contributed by atoms with van der Waals surface area (Å²) in [6, 6.07) is 19.6. The summed E-state index contributed by atoms with van der Waals surface area (Å²) in [7, 11) is 0. The van der Waals surface area contributed by atoms with Gasteiger partial charge in [-0.1, -0.05) is 48.5 Å². The van der Waals surface area contributed by atoms with E-state index in [1.807, 2.05) is 36.4 Å². The fourth-order valence-electron chi connectivity index (χ4n) is 2.93. The number of carbonyl (C=O) groups excluding carboxylic acids is 1. The molecule has 0 unspecified atom stereocenters. The van der Waals surface area contributed by atoms with Gasteiger partial charge in [0.15, 0.2) is 6.10 Å². The SMILES string of the molecule is O=C(/C=C/c1ccco1)OC1c2ccccc2-c2ccccc21. The summed E-state index contributed by atoms with van der Waals surface area (Å²) in [4.78, 5) is 12.2. The summed E-state index contributed by atoms with van der Waals surface area (Å²) in [5.41, 5.74) is 4.29. The zero-order valence-corrected chi connectivity index (χ0v) is 12.3. The molecule has 112 valence electrons. The average molecular weight is 302 g/mol. The van der Waals surface area contributed by atoms with Crippen LogP contribution in [0.2, 0.25) is 0 Å². The number of fused-ring (bicyclic) bond motifs is 3. The predicted octanol–water partition coefficient (Wildman–Crippen LogP) is 4.61. The minimum Gasteiger partial charge on any atom is -0.465 e. The van der Waals surface area contributed by atoms with Gasteiger partial charge in [0.2, 0.25) is 0 Å². The summed E-state index contributed by atoms with van der Waals surface area (Å²) >= 11 is 0. The highest BCUT2D eigenvalue weighted by Crippen LogP contribution is 2.45. The Morgan fingerprint density at radius 3 is 2.17 bits per heavy atom. The van der Waals surface area contributed by atoms with Crippen LogP contribution in [0.1, 0.15) is 23.0 Å². The predicted molar refractivity (Wildman–Crippen MR) is 87.6 cm³/mol. The molecule has 1 aliphatic carbocycles. The minimum atomic E-state index is -0.391. The molecule has 0 amide bonds. The van der Waals surface area contributed by atoms with Crippen LogP contribution in [-0.4, -0.2) is 5.97 Å². The van der Waals surface area contributed by atoms with Crippen molar-refractivity contribution in [2.24, 2.45) is 0 Å². The lowest BCUT2D eigenvalue weighted by molar-refractivity contribution is -0.141. The molecule has 2 aromatic carbocycles. The standard InChI is InChI=1S/C20H14O3/c21-19(12-11-14-6-5-13-22-14)23-20-17-9-3-1-7-15(17)16-8-2-4-10-18(16)20/h1-13,20H/b12-11+. The van der Waals surface area contributed by atoms with Gasteiger partial charge in [-0.25, -0.2) is 4.79 Å². The maximum atomic E-state index is 12.2. The van der Waals surface area contributed by atoms with Crippen molar-refractivity contribution in [3.05, 3.63) is 89.9 Å². The van der Waals surface area contributed by atoms with Crippen LogP contribution < -0.4 is 0 Å². The van der Waals surface area contributed by atoms with E-state index < -0.39 is 5.97 Å². The molecule has 0 spiro atoms. The molecule has 23 heavy (non-hydrogen) atoms. The number of hydrogen-bond acceptors (Lipinski definition) is 3. The molecule has 0 N–H and O–H groups in total. The molecular formula is C20H14O3. The Kier molecular flexibility index (Phi) is 3.31. The Labute approximate surface area is 133 Å². The van der Waals surface area contributed by atoms with Crippen molar-refractivity contribution < 1.29 is 13.9 Å². The van der Waals surface area contributed by atoms with Gasteiger partial charge in [-0.15, -0.1) is 0 Å². The van der Waals surface area contributed by atoms with Crippen LogP contribution in [0, 0.1) is 0 Å². The number of benzene rings is 2. The summed E-state index contributed by atoms with van der Waals surface area (Å²) in [5.74, 6) is 0.229. The number of rotatable bonds is 3. The maximum Gasteiger partial charge on any atom is 0.331 e. The van der Waals surface area contributed by atoms with Crippen LogP contribution in [0.25, 0.3) is 17.2 Å². The van der Waals surface area contributed by atoms with E-state index >= 15 is 0 Å². The van der Waals surface area contributed by atoms with Gasteiger partial charge in [0.1, 0.15) is 5.76 Å². The summed E-state index contributed by atoms with van der Waals surface area (Å²) in [6.45, 7) is 0. The van der Waals surface area contributed by atoms with Gasteiger partial charge >= 0.3 is 5.97 Å². The second-order valence-electron chi connectivity index (χ2n) is 5.34. The van der Waals surface area contributed by atoms with Crippen LogP contribution in [-0.2, 0) is 9.53 Å². The summed E-state index contributed by atoms with van der Waals surface area (Å²) < 4.78 is 10.9. The van der Waals surface area contributed by atoms with E-state index in [1.165, 1.54) is 6.08 Å². The second kappa shape index (κ2) is 5.61. The van der Waals surface area contributed by atoms with Crippen molar-refractivity contribution in [2.45, 2.75) is 6.10 Å². The first-order valence-corrected chi connectivity index (χ1v) is 7.43. The minimum absolute atomic E-state index is 0.365. The van der Waals surface area contributed by atoms with E-state index in [2.05, 4.69) is 12.1 Å². The van der Waals surface area contributed by atoms with Crippen molar-refractivity contribution >= 4 is 12.0 Å². The molecule has 0 saturated carbocycles. The Hall–Kier alpha value is -3.07. The smallest absolute Gasteiger partial charge is 0.331 e. The summed E-state index contributed by atoms with van der Waals surface area (Å²) in [6.07, 6.45) is 4.20. The first-order chi connectivity index (χ1) is 11.3. The molecular weight excluding hydrogens is 288 g/mol. The molecule has 1 aliphatic rings. The van der Waals surface area contributed by atoms with Crippen LogP contribution in [0.5, 0.6) is 0 Å². The lowest BCUT2D eigenvalue weighted by Crippen LogP contribution is -2.08. The number of hydrogen-bond donors (Lipinski definition) is 0. The van der Waals surface area contributed by atoms with Crippen molar-refractivity contribution in [2.75, 3.05) is 0 Å². The fourth-order valence-corrected chi connectivity index (χ4v) is 2.93. The molecule has 4 rings (SSSR count). The quantitative estimate of drug-likeness (QED) is 0.524. The number of esters is 1. The van der Waals surface area contributed by atoms with Gasteiger partial charge in [0, 0.05) is 17.2 Å². The van der Waals surface area contributed by atoms with Crippen molar-refractivity contribution in [1.82, 2.24) is 0 Å². The van der Waals surface area contributed by atoms with E-state index in [0.717, 1.165) is 22.3 Å². The van der Waals surface area contributed by atoms with Crippen molar-refractivity contribution in [1.29, 1.82) is 0 Å². The third kappa shape index (κ3) is 2.46. The first-order valence-electron chi connectivity index (χ1n) is 7.43. The highest BCUT2D eigenvalue weighted by molar-refractivity contribution is 5.88. The highest BCUT2D eigenvalue weighted by Gasteiger charge is 2.30. The molecule has 0 atom stereocenters. The third-order valence-electron chi connectivity index (χ3n) is 3.94. The lowest BCUT2D eigenvalue weighted by Gasteiger charge is -2.13. The number of furan rings is 1. The van der Waals surface area contributed by atoms with E-state index in [0.29, 0.717) is 5.76 Å². The van der Waals surface area contributed by atoms with Gasteiger partial charge < -0.3 is 9.15 Å².